The summed E-state index contributed by atoms with van der Waals surface area (Å²) in [6.45, 7) is 1.51. The molecule has 9 nitrogen and oxygen atoms in total. The van der Waals surface area contributed by atoms with Crippen LogP contribution in [0, 0.1) is 6.92 Å². The molecule has 0 saturated heterocycles. The van der Waals surface area contributed by atoms with Gasteiger partial charge in [-0.1, -0.05) is 0 Å². The summed E-state index contributed by atoms with van der Waals surface area (Å²) in [4.78, 5) is 28.9. The van der Waals surface area contributed by atoms with E-state index < -0.39 is 58.0 Å². The summed E-state index contributed by atoms with van der Waals surface area (Å²) in [6.07, 6.45) is -8.76. The second-order valence-electron chi connectivity index (χ2n) is 9.69. The van der Waals surface area contributed by atoms with Crippen LogP contribution in [-0.4, -0.2) is 59.1 Å². The predicted molar refractivity (Wildman–Crippen MR) is 146 cm³/mol. The zero-order valence-corrected chi connectivity index (χ0v) is 22.8. The largest absolute Gasteiger partial charge is 0.573 e. The highest BCUT2D eigenvalue weighted by atomic mass is 19.4. The Balaban J connectivity index is 2.18. The summed E-state index contributed by atoms with van der Waals surface area (Å²) in [7, 11) is 5.67. The molecule has 2 aromatic carbocycles. The standard InChI is InChI=1S/C24H22B3F6N3O6/c1-10-9-35-14(20(34)37)8-13(10)36-21(38)18-16(6-4-12(19(18)39-2)22(28,29)30)40-15-5-3-11(41-24(31,32)33)7-17(15)42-23(25,26)27/h3-9H,25-27H2,1-2H3,(H2,34,37)(H,35,36,38). The van der Waals surface area contributed by atoms with Crippen molar-refractivity contribution in [3.05, 3.63) is 65.0 Å². The number of nitrogens with one attached hydrogen (secondary N) is 1. The summed E-state index contributed by atoms with van der Waals surface area (Å²) in [5, 5.41) is 1.43. The number of primary amides is 1. The van der Waals surface area contributed by atoms with E-state index in [0.29, 0.717) is 11.6 Å². The van der Waals surface area contributed by atoms with Crippen molar-refractivity contribution in [2.24, 2.45) is 5.73 Å². The lowest BCUT2D eigenvalue weighted by Crippen LogP contribution is -2.37. The maximum absolute atomic E-state index is 13.9. The molecule has 0 aliphatic heterocycles. The molecule has 42 heavy (non-hydrogen) atoms. The second-order valence-corrected chi connectivity index (χ2v) is 9.69. The molecule has 0 bridgehead atoms. The molecular weight excluding hydrogens is 573 g/mol. The Labute approximate surface area is 237 Å². The Hall–Kier alpha value is -4.50. The molecule has 1 heterocycles. The Morgan fingerprint density at radius 2 is 1.57 bits per heavy atom. The third kappa shape index (κ3) is 8.04. The first-order valence-corrected chi connectivity index (χ1v) is 11.9. The van der Waals surface area contributed by atoms with Gasteiger partial charge in [0.25, 0.3) is 11.8 Å². The Bertz CT molecular complexity index is 1510. The summed E-state index contributed by atoms with van der Waals surface area (Å²) in [6, 6.07) is 5.38. The Morgan fingerprint density at radius 3 is 2.12 bits per heavy atom. The van der Waals surface area contributed by atoms with E-state index in [4.69, 9.17) is 19.9 Å². The third-order valence-corrected chi connectivity index (χ3v) is 5.24. The normalized spacial score (nSPS) is 11.9. The SMILES string of the molecule is BC(B)(B)Oc1cc(OC(F)(F)F)ccc1Oc1ccc(C(F)(F)F)c(OC)c1C(=O)Nc1cc(C(N)=O)ncc1C. The molecule has 3 N–H and O–H groups in total. The van der Waals surface area contributed by atoms with Gasteiger partial charge in [0.1, 0.15) is 52.0 Å². The van der Waals surface area contributed by atoms with Crippen LogP contribution in [0.3, 0.4) is 0 Å². The lowest BCUT2D eigenvalue weighted by Gasteiger charge is -2.25. The van der Waals surface area contributed by atoms with Gasteiger partial charge in [-0.15, -0.1) is 13.2 Å². The van der Waals surface area contributed by atoms with E-state index in [0.717, 1.165) is 37.4 Å². The van der Waals surface area contributed by atoms with Gasteiger partial charge >= 0.3 is 12.5 Å². The van der Waals surface area contributed by atoms with E-state index in [1.807, 2.05) is 0 Å². The van der Waals surface area contributed by atoms with E-state index in [1.165, 1.54) is 13.1 Å². The van der Waals surface area contributed by atoms with E-state index in [1.54, 1.807) is 23.5 Å². The predicted octanol–water partition coefficient (Wildman–Crippen LogP) is 2.35. The van der Waals surface area contributed by atoms with Gasteiger partial charge in [-0.3, -0.25) is 14.6 Å². The van der Waals surface area contributed by atoms with Gasteiger partial charge in [-0.05, 0) is 42.8 Å². The molecule has 0 atom stereocenters. The summed E-state index contributed by atoms with van der Waals surface area (Å²) >= 11 is 0. The van der Waals surface area contributed by atoms with Crippen molar-refractivity contribution < 1.29 is 54.9 Å². The molecule has 18 heteroatoms. The number of amides is 2. The molecule has 2 amide bonds. The smallest absolute Gasteiger partial charge is 0.510 e. The van der Waals surface area contributed by atoms with E-state index in [-0.39, 0.29) is 22.9 Å². The van der Waals surface area contributed by atoms with Crippen molar-refractivity contribution in [1.82, 2.24) is 4.98 Å². The van der Waals surface area contributed by atoms with Crippen molar-refractivity contribution in [3.8, 4) is 28.7 Å². The Morgan fingerprint density at radius 1 is 0.929 bits per heavy atom. The molecule has 3 rings (SSSR count). The van der Waals surface area contributed by atoms with Crippen LogP contribution in [0.4, 0.5) is 32.0 Å². The molecule has 0 saturated carbocycles. The van der Waals surface area contributed by atoms with Gasteiger partial charge in [-0.2, -0.15) is 13.2 Å². The number of pyridine rings is 1. The molecule has 0 radical (unpaired) electrons. The lowest BCUT2D eigenvalue weighted by atomic mass is 9.52. The van der Waals surface area contributed by atoms with Gasteiger partial charge in [0, 0.05) is 23.2 Å². The van der Waals surface area contributed by atoms with Crippen molar-refractivity contribution in [2.45, 2.75) is 24.8 Å². The van der Waals surface area contributed by atoms with Crippen LogP contribution < -0.4 is 30.0 Å². The molecule has 220 valence electrons. The molecule has 0 aliphatic carbocycles. The van der Waals surface area contributed by atoms with Crippen LogP contribution >= 0.6 is 0 Å². The van der Waals surface area contributed by atoms with Crippen LogP contribution in [0.2, 0.25) is 0 Å². The molecule has 0 fully saturated rings. The summed E-state index contributed by atoms with van der Waals surface area (Å²) < 4.78 is 100. The maximum atomic E-state index is 13.9. The van der Waals surface area contributed by atoms with E-state index in [2.05, 4.69) is 15.0 Å². The first-order valence-electron chi connectivity index (χ1n) is 11.9. The number of benzene rings is 2. The number of rotatable bonds is 9. The van der Waals surface area contributed by atoms with Gasteiger partial charge in [0.2, 0.25) is 0 Å². The number of hydrogen-bond acceptors (Lipinski definition) is 7. The number of carbonyl (C=O) groups excluding carboxylic acids is 2. The van der Waals surface area contributed by atoms with Crippen LogP contribution in [0.1, 0.15) is 32.0 Å². The van der Waals surface area contributed by atoms with Crippen molar-refractivity contribution in [1.29, 1.82) is 0 Å². The maximum Gasteiger partial charge on any atom is 0.573 e. The van der Waals surface area contributed by atoms with Gasteiger partial charge in [-0.25, -0.2) is 0 Å². The number of hydrogen-bond donors (Lipinski definition) is 2. The van der Waals surface area contributed by atoms with Crippen LogP contribution in [0.5, 0.6) is 28.7 Å². The lowest BCUT2D eigenvalue weighted by molar-refractivity contribution is -0.274. The highest BCUT2D eigenvalue weighted by molar-refractivity contribution is 6.58. The number of methoxy groups -OCH3 is 1. The first-order chi connectivity index (χ1) is 19.3. The van der Waals surface area contributed by atoms with Gasteiger partial charge in [0.05, 0.1) is 12.7 Å². The topological polar surface area (TPSA) is 122 Å². The molecular formula is C24H22B3F6N3O6. The van der Waals surface area contributed by atoms with Crippen molar-refractivity contribution in [3.63, 3.8) is 0 Å². The number of carbonyl (C=O) groups is 2. The zero-order chi connectivity index (χ0) is 31.6. The first kappa shape index (κ1) is 32.0. The summed E-state index contributed by atoms with van der Waals surface area (Å²) in [5.74, 6) is -4.63. The average molecular weight is 595 g/mol. The Kier molecular flexibility index (Phi) is 8.98. The van der Waals surface area contributed by atoms with Gasteiger partial charge in [0.15, 0.2) is 11.5 Å². The van der Waals surface area contributed by atoms with E-state index >= 15 is 0 Å². The quantitative estimate of drug-likeness (QED) is 0.288. The molecule has 0 spiro atoms. The van der Waals surface area contributed by atoms with Crippen LogP contribution in [0.15, 0.2) is 42.6 Å². The fourth-order valence-electron chi connectivity index (χ4n) is 3.58. The van der Waals surface area contributed by atoms with Crippen LogP contribution in [-0.2, 0) is 6.18 Å². The molecule has 0 unspecified atom stereocenters. The zero-order valence-electron chi connectivity index (χ0n) is 22.8. The highest BCUT2D eigenvalue weighted by Crippen LogP contribution is 2.45. The number of halogens is 6. The summed E-state index contributed by atoms with van der Waals surface area (Å²) in [5.41, 5.74) is 3.31. The van der Waals surface area contributed by atoms with Gasteiger partial charge < -0.3 is 30.0 Å². The third-order valence-electron chi connectivity index (χ3n) is 5.24. The fraction of sp³-hybridized carbons (Fsp3) is 0.208. The monoisotopic (exact) mass is 595 g/mol. The number of anilines is 1. The number of ether oxygens (including phenoxy) is 4. The number of nitrogens with zero attached hydrogens (tertiary/aromatic N) is 1. The highest BCUT2D eigenvalue weighted by Gasteiger charge is 2.38. The fourth-order valence-corrected chi connectivity index (χ4v) is 3.58. The number of aromatic nitrogens is 1. The van der Waals surface area contributed by atoms with E-state index in [9.17, 15) is 35.9 Å². The molecule has 1 aromatic heterocycles. The minimum atomic E-state index is -5.02. The second kappa shape index (κ2) is 11.8. The van der Waals surface area contributed by atoms with Crippen molar-refractivity contribution >= 4 is 41.0 Å². The molecule has 0 aliphatic rings. The average Bonchev–Trinajstić information content (AvgIpc) is 2.83. The number of aryl methyl sites for hydroxylation is 1. The van der Waals surface area contributed by atoms with Crippen LogP contribution in [0.25, 0.3) is 0 Å². The van der Waals surface area contributed by atoms with Crippen molar-refractivity contribution in [2.75, 3.05) is 12.4 Å². The number of nitrogens with two attached hydrogens (primary N) is 1. The molecule has 3 aromatic rings. The minimum Gasteiger partial charge on any atom is -0.510 e. The minimum absolute atomic E-state index is 0.000350. The number of alkyl halides is 6.